The van der Waals surface area contributed by atoms with Gasteiger partial charge in [-0.1, -0.05) is 62.4 Å². The maximum atomic E-state index is 14.6. The van der Waals surface area contributed by atoms with E-state index in [2.05, 4.69) is 0 Å². The third-order valence-electron chi connectivity index (χ3n) is 7.82. The monoisotopic (exact) mass is 629 g/mol. The Morgan fingerprint density at radius 3 is 2.29 bits per heavy atom. The Morgan fingerprint density at radius 1 is 1.02 bits per heavy atom. The molecule has 0 saturated carbocycles. The highest BCUT2D eigenvalue weighted by Gasteiger charge is 2.34. The number of benzene rings is 3. The van der Waals surface area contributed by atoms with Crippen LogP contribution < -0.4 is 0 Å². The van der Waals surface area contributed by atoms with Crippen LogP contribution in [-0.2, 0) is 27.0 Å². The smallest absolute Gasteiger partial charge is 0.416 e. The second kappa shape index (κ2) is 15.2. The number of phenols is 1. The van der Waals surface area contributed by atoms with E-state index >= 15 is 0 Å². The van der Waals surface area contributed by atoms with Crippen molar-refractivity contribution in [2.24, 2.45) is 0 Å². The molecule has 1 unspecified atom stereocenters. The van der Waals surface area contributed by atoms with Crippen molar-refractivity contribution in [3.8, 4) is 5.75 Å². The van der Waals surface area contributed by atoms with Crippen LogP contribution in [0.15, 0.2) is 72.4 Å². The average Bonchev–Trinajstić information content (AvgIpc) is 3.00. The van der Waals surface area contributed by atoms with Crippen LogP contribution in [0, 0.1) is 5.82 Å². The van der Waals surface area contributed by atoms with Crippen molar-refractivity contribution in [1.29, 1.82) is 0 Å². The summed E-state index contributed by atoms with van der Waals surface area (Å²) in [5, 5.41) is 12.0. The summed E-state index contributed by atoms with van der Waals surface area (Å²) in [6, 6.07) is 16.1. The minimum absolute atomic E-state index is 0.0160. The Morgan fingerprint density at radius 2 is 1.69 bits per heavy atom. The number of nitrogens with zero attached hydrogens (tertiary/aromatic N) is 3. The molecule has 2 amide bonds. The molecular weight excluding hydrogens is 590 g/mol. The van der Waals surface area contributed by atoms with Gasteiger partial charge >= 0.3 is 6.18 Å². The van der Waals surface area contributed by atoms with Crippen LogP contribution in [0.1, 0.15) is 60.5 Å². The number of rotatable bonds is 13. The Hall–Kier alpha value is -4.22. The van der Waals surface area contributed by atoms with E-state index in [-0.39, 0.29) is 36.0 Å². The molecule has 0 bridgehead atoms. The number of allylic oxidation sites excluding steroid dienone is 1. The topological polar surface area (TPSA) is 73.3 Å². The predicted molar refractivity (Wildman–Crippen MR) is 164 cm³/mol. The molecule has 0 radical (unpaired) electrons. The van der Waals surface area contributed by atoms with E-state index in [0.717, 1.165) is 28.7 Å². The van der Waals surface area contributed by atoms with E-state index in [4.69, 9.17) is 4.84 Å². The van der Waals surface area contributed by atoms with Crippen molar-refractivity contribution < 1.29 is 37.1 Å². The van der Waals surface area contributed by atoms with Crippen LogP contribution in [-0.4, -0.2) is 66.6 Å². The van der Waals surface area contributed by atoms with Crippen LogP contribution in [0.2, 0.25) is 0 Å². The van der Waals surface area contributed by atoms with E-state index in [9.17, 15) is 32.3 Å². The first-order valence-electron chi connectivity index (χ1n) is 14.4. The predicted octanol–water partition coefficient (Wildman–Crippen LogP) is 6.80. The molecule has 0 aliphatic carbocycles. The summed E-state index contributed by atoms with van der Waals surface area (Å²) >= 11 is 0. The molecule has 1 atom stereocenters. The lowest BCUT2D eigenvalue weighted by Gasteiger charge is -2.32. The highest BCUT2D eigenvalue weighted by molar-refractivity contribution is 6.20. The number of aromatic hydroxyl groups is 1. The minimum Gasteiger partial charge on any atom is -0.508 e. The van der Waals surface area contributed by atoms with Gasteiger partial charge in [0.05, 0.1) is 24.3 Å². The van der Waals surface area contributed by atoms with Gasteiger partial charge in [0, 0.05) is 44.0 Å². The molecule has 0 saturated heterocycles. The number of para-hydroxylation sites is 1. The Labute approximate surface area is 261 Å². The number of carbonyl (C=O) groups excluding carboxylic acids is 2. The number of amides is 2. The second-order valence-corrected chi connectivity index (χ2v) is 11.0. The van der Waals surface area contributed by atoms with E-state index in [1.54, 1.807) is 44.4 Å². The number of alkyl halides is 3. The highest BCUT2D eigenvalue weighted by atomic mass is 19.4. The molecule has 11 heteroatoms. The third-order valence-corrected chi connectivity index (χ3v) is 7.82. The summed E-state index contributed by atoms with van der Waals surface area (Å²) in [4.78, 5) is 34.6. The van der Waals surface area contributed by atoms with Crippen LogP contribution in [0.25, 0.3) is 5.57 Å². The summed E-state index contributed by atoms with van der Waals surface area (Å²) in [6.07, 6.45) is -4.80. The largest absolute Gasteiger partial charge is 0.508 e. The number of hydrogen-bond acceptors (Lipinski definition) is 5. The average molecular weight is 630 g/mol. The Bertz CT molecular complexity index is 1520. The minimum atomic E-state index is -4.78. The molecule has 0 fully saturated rings. The lowest BCUT2D eigenvalue weighted by Crippen LogP contribution is -2.38. The molecule has 0 heterocycles. The lowest BCUT2D eigenvalue weighted by molar-refractivity contribution is -0.151. The van der Waals surface area contributed by atoms with Crippen LogP contribution >= 0.6 is 0 Å². The number of hydrogen-bond donors (Lipinski definition) is 1. The van der Waals surface area contributed by atoms with Crippen LogP contribution in [0.4, 0.5) is 17.6 Å². The molecule has 242 valence electrons. The van der Waals surface area contributed by atoms with Gasteiger partial charge in [-0.05, 0) is 48.6 Å². The molecule has 3 rings (SSSR count). The summed E-state index contributed by atoms with van der Waals surface area (Å²) in [5.41, 5.74) is 0.601. The van der Waals surface area contributed by atoms with Crippen molar-refractivity contribution in [3.63, 3.8) is 0 Å². The van der Waals surface area contributed by atoms with Gasteiger partial charge in [0.15, 0.2) is 0 Å². The first-order valence-corrected chi connectivity index (χ1v) is 14.4. The van der Waals surface area contributed by atoms with Crippen LogP contribution in [0.3, 0.4) is 0 Å². The van der Waals surface area contributed by atoms with Crippen molar-refractivity contribution in [2.45, 2.75) is 45.3 Å². The molecule has 3 aromatic rings. The molecule has 0 aromatic heterocycles. The summed E-state index contributed by atoms with van der Waals surface area (Å²) in [7, 11) is 4.69. The van der Waals surface area contributed by atoms with E-state index in [0.29, 0.717) is 17.5 Å². The number of hydroxylamine groups is 2. The molecule has 0 aliphatic rings. The third kappa shape index (κ3) is 8.49. The fraction of sp³-hybridized carbons (Fsp3) is 0.353. The molecule has 1 N–H and O–H groups in total. The van der Waals surface area contributed by atoms with Gasteiger partial charge < -0.3 is 19.7 Å². The van der Waals surface area contributed by atoms with E-state index in [1.807, 2.05) is 26.0 Å². The van der Waals surface area contributed by atoms with Gasteiger partial charge in [-0.15, -0.1) is 0 Å². The SMILES string of the molecule is CON(C)C(CN(C)C(=O)/C(=C(/C)N(C=O)CCc1c(F)cccc1C(F)(F)F)c1cccc(C(C)C)c1)c1ccccc1O. The second-order valence-electron chi connectivity index (χ2n) is 11.0. The summed E-state index contributed by atoms with van der Waals surface area (Å²) in [5.74, 6) is -1.38. The fourth-order valence-corrected chi connectivity index (χ4v) is 5.13. The van der Waals surface area contributed by atoms with Gasteiger partial charge in [0.25, 0.3) is 5.91 Å². The number of carbonyl (C=O) groups is 2. The number of halogens is 4. The Balaban J connectivity index is 2.08. The summed E-state index contributed by atoms with van der Waals surface area (Å²) < 4.78 is 55.5. The molecule has 7 nitrogen and oxygen atoms in total. The van der Waals surface area contributed by atoms with E-state index in [1.165, 1.54) is 30.1 Å². The normalized spacial score (nSPS) is 13.1. The van der Waals surface area contributed by atoms with Crippen LogP contribution in [0.5, 0.6) is 5.75 Å². The van der Waals surface area contributed by atoms with Gasteiger partial charge in [0.2, 0.25) is 6.41 Å². The van der Waals surface area contributed by atoms with Gasteiger partial charge in [-0.3, -0.25) is 9.59 Å². The Kier molecular flexibility index (Phi) is 11.9. The molecule has 0 aliphatic heterocycles. The maximum absolute atomic E-state index is 14.6. The van der Waals surface area contributed by atoms with Crippen molar-refractivity contribution in [2.75, 3.05) is 34.3 Å². The van der Waals surface area contributed by atoms with Crippen molar-refractivity contribution >= 4 is 17.9 Å². The van der Waals surface area contributed by atoms with E-state index < -0.39 is 41.5 Å². The zero-order valence-electron chi connectivity index (χ0n) is 26.2. The number of likely N-dealkylation sites (N-methyl/N-ethyl adjacent to an activating group) is 2. The first-order chi connectivity index (χ1) is 21.2. The van der Waals surface area contributed by atoms with Gasteiger partial charge in [-0.2, -0.15) is 18.2 Å². The lowest BCUT2D eigenvalue weighted by atomic mass is 9.95. The quantitative estimate of drug-likeness (QED) is 0.0975. The zero-order valence-corrected chi connectivity index (χ0v) is 26.2. The maximum Gasteiger partial charge on any atom is 0.416 e. The standard InChI is InChI=1S/C34H39F4N3O4/c1-22(2)24-11-9-12-25(19-24)32(33(44)39(4)20-30(40(5)45-6)27-13-7-8-16-31(27)43)23(3)41(21-42)18-17-26-28(34(36,37)38)14-10-15-29(26)35/h7-16,19,21-22,30,43H,17-18,20H2,1-6H3/b32-23-. The molecule has 45 heavy (non-hydrogen) atoms. The van der Waals surface area contributed by atoms with Gasteiger partial charge in [-0.25, -0.2) is 4.39 Å². The molecule has 3 aromatic carbocycles. The first kappa shape index (κ1) is 35.3. The molecule has 0 spiro atoms. The number of phenolic OH excluding ortho intramolecular Hbond substituents is 1. The van der Waals surface area contributed by atoms with Crippen molar-refractivity contribution in [1.82, 2.24) is 14.9 Å². The fourth-order valence-electron chi connectivity index (χ4n) is 5.13. The zero-order chi connectivity index (χ0) is 33.5. The van der Waals surface area contributed by atoms with Gasteiger partial charge in [0.1, 0.15) is 11.6 Å². The molecular formula is C34H39F4N3O4. The summed E-state index contributed by atoms with van der Waals surface area (Å²) in [6.45, 7) is 5.27. The van der Waals surface area contributed by atoms with Crippen molar-refractivity contribution in [3.05, 3.63) is 106 Å². The highest BCUT2D eigenvalue weighted by Crippen LogP contribution is 2.34.